The summed E-state index contributed by atoms with van der Waals surface area (Å²) in [6.07, 6.45) is 5.92. The lowest BCUT2D eigenvalue weighted by atomic mass is 9.96. The molecule has 0 radical (unpaired) electrons. The average Bonchev–Trinajstić information content (AvgIpc) is 2.67. The molecule has 1 saturated heterocycles. The molecule has 5 nitrogen and oxygen atoms in total. The van der Waals surface area contributed by atoms with Crippen molar-refractivity contribution < 1.29 is 9.53 Å². The van der Waals surface area contributed by atoms with Gasteiger partial charge in [0.05, 0.1) is 0 Å². The van der Waals surface area contributed by atoms with Crippen molar-refractivity contribution in [2.24, 2.45) is 5.92 Å². The molecule has 5 heteroatoms. The third-order valence-corrected chi connectivity index (χ3v) is 4.56. The molecule has 3 rings (SSSR count). The van der Waals surface area contributed by atoms with Crippen molar-refractivity contribution in [2.75, 3.05) is 26.2 Å². The second kappa shape index (κ2) is 9.18. The third-order valence-electron chi connectivity index (χ3n) is 4.56. The van der Waals surface area contributed by atoms with Crippen molar-refractivity contribution in [3.63, 3.8) is 0 Å². The normalized spacial score (nSPS) is 15.7. The van der Waals surface area contributed by atoms with Crippen LogP contribution in [-0.4, -0.2) is 42.0 Å². The van der Waals surface area contributed by atoms with Crippen LogP contribution in [0.15, 0.2) is 54.9 Å². The van der Waals surface area contributed by atoms with E-state index in [2.05, 4.69) is 27.3 Å². The molecule has 1 aromatic heterocycles. The maximum atomic E-state index is 11.9. The number of hydrogen-bond donors (Lipinski definition) is 1. The summed E-state index contributed by atoms with van der Waals surface area (Å²) in [6.45, 7) is 3.93. The second-order valence-corrected chi connectivity index (χ2v) is 6.48. The van der Waals surface area contributed by atoms with Crippen molar-refractivity contribution >= 4 is 5.91 Å². The lowest BCUT2D eigenvalue weighted by Crippen LogP contribution is -2.39. The van der Waals surface area contributed by atoms with Crippen LogP contribution in [0.25, 0.3) is 0 Å². The Bertz CT molecular complexity index is 641. The van der Waals surface area contributed by atoms with E-state index < -0.39 is 0 Å². The summed E-state index contributed by atoms with van der Waals surface area (Å²) in [7, 11) is 0. The van der Waals surface area contributed by atoms with Gasteiger partial charge in [-0.25, -0.2) is 0 Å². The number of aromatic nitrogens is 1. The van der Waals surface area contributed by atoms with Gasteiger partial charge in [0.2, 0.25) is 0 Å². The number of pyridine rings is 1. The number of carbonyl (C=O) groups is 1. The van der Waals surface area contributed by atoms with Crippen molar-refractivity contribution in [1.82, 2.24) is 15.2 Å². The highest BCUT2D eigenvalue weighted by atomic mass is 16.5. The van der Waals surface area contributed by atoms with Crippen LogP contribution in [0.1, 0.15) is 18.4 Å². The van der Waals surface area contributed by atoms with Crippen molar-refractivity contribution in [1.29, 1.82) is 0 Å². The van der Waals surface area contributed by atoms with Gasteiger partial charge < -0.3 is 10.1 Å². The summed E-state index contributed by atoms with van der Waals surface area (Å²) in [4.78, 5) is 18.4. The van der Waals surface area contributed by atoms with Crippen molar-refractivity contribution in [3.8, 4) is 5.75 Å². The first kappa shape index (κ1) is 17.4. The molecule has 132 valence electrons. The van der Waals surface area contributed by atoms with E-state index >= 15 is 0 Å². The first-order valence-corrected chi connectivity index (χ1v) is 8.85. The number of piperidine rings is 1. The molecule has 1 aliphatic rings. The molecule has 0 atom stereocenters. The summed E-state index contributed by atoms with van der Waals surface area (Å²) in [5, 5.41) is 3.00. The Morgan fingerprint density at radius 1 is 1.12 bits per heavy atom. The zero-order valence-corrected chi connectivity index (χ0v) is 14.4. The molecule has 1 aliphatic heterocycles. The highest BCUT2D eigenvalue weighted by Crippen LogP contribution is 2.18. The predicted molar refractivity (Wildman–Crippen MR) is 97.2 cm³/mol. The van der Waals surface area contributed by atoms with Crippen LogP contribution in [0.2, 0.25) is 0 Å². The van der Waals surface area contributed by atoms with Crippen molar-refractivity contribution in [3.05, 3.63) is 60.4 Å². The second-order valence-electron chi connectivity index (χ2n) is 6.48. The largest absolute Gasteiger partial charge is 0.484 e. The van der Waals surface area contributed by atoms with Crippen molar-refractivity contribution in [2.45, 2.75) is 19.4 Å². The zero-order chi connectivity index (χ0) is 17.3. The molecule has 1 N–H and O–H groups in total. The van der Waals surface area contributed by atoms with Gasteiger partial charge in [-0.1, -0.05) is 18.2 Å². The Morgan fingerprint density at radius 3 is 2.56 bits per heavy atom. The van der Waals surface area contributed by atoms with E-state index in [1.165, 1.54) is 5.56 Å². The Labute approximate surface area is 149 Å². The van der Waals surface area contributed by atoms with E-state index in [1.54, 1.807) is 0 Å². The lowest BCUT2D eigenvalue weighted by Gasteiger charge is -2.32. The van der Waals surface area contributed by atoms with Crippen LogP contribution < -0.4 is 10.1 Å². The number of amides is 1. The zero-order valence-electron chi connectivity index (χ0n) is 14.4. The first-order chi connectivity index (χ1) is 12.3. The van der Waals surface area contributed by atoms with Gasteiger partial charge in [-0.05, 0) is 61.7 Å². The number of para-hydroxylation sites is 1. The smallest absolute Gasteiger partial charge is 0.257 e. The minimum Gasteiger partial charge on any atom is -0.484 e. The van der Waals surface area contributed by atoms with E-state index in [9.17, 15) is 4.79 Å². The molecule has 0 saturated carbocycles. The van der Waals surface area contributed by atoms with Crippen LogP contribution >= 0.6 is 0 Å². The van der Waals surface area contributed by atoms with Gasteiger partial charge >= 0.3 is 0 Å². The average molecular weight is 339 g/mol. The fourth-order valence-electron chi connectivity index (χ4n) is 3.07. The number of rotatable bonds is 7. The van der Waals surface area contributed by atoms with Crippen LogP contribution in [0.4, 0.5) is 0 Å². The summed E-state index contributed by atoms with van der Waals surface area (Å²) < 4.78 is 5.47. The number of hydrogen-bond acceptors (Lipinski definition) is 4. The van der Waals surface area contributed by atoms with Gasteiger partial charge in [-0.3, -0.25) is 14.7 Å². The van der Waals surface area contributed by atoms with Crippen LogP contribution in [0.3, 0.4) is 0 Å². The molecule has 0 unspecified atom stereocenters. The molecule has 2 aromatic rings. The number of benzene rings is 1. The fourth-order valence-corrected chi connectivity index (χ4v) is 3.07. The minimum atomic E-state index is -0.0527. The van der Waals surface area contributed by atoms with E-state index in [1.807, 2.05) is 42.7 Å². The number of nitrogens with one attached hydrogen (secondary N) is 1. The maximum absolute atomic E-state index is 11.9. The monoisotopic (exact) mass is 339 g/mol. The van der Waals surface area contributed by atoms with Crippen LogP contribution in [-0.2, 0) is 11.3 Å². The molecule has 1 amide bonds. The van der Waals surface area contributed by atoms with E-state index in [-0.39, 0.29) is 12.5 Å². The fraction of sp³-hybridized carbons (Fsp3) is 0.400. The molecular formula is C20H25N3O2. The summed E-state index contributed by atoms with van der Waals surface area (Å²) in [6, 6.07) is 13.6. The van der Waals surface area contributed by atoms with E-state index in [0.717, 1.165) is 44.8 Å². The number of ether oxygens (including phenoxy) is 1. The van der Waals surface area contributed by atoms with E-state index in [0.29, 0.717) is 5.92 Å². The molecule has 0 spiro atoms. The number of likely N-dealkylation sites (tertiary alicyclic amines) is 1. The van der Waals surface area contributed by atoms with Gasteiger partial charge in [0.1, 0.15) is 5.75 Å². The van der Waals surface area contributed by atoms with E-state index in [4.69, 9.17) is 4.74 Å². The summed E-state index contributed by atoms with van der Waals surface area (Å²) >= 11 is 0. The number of nitrogens with zero attached hydrogens (tertiary/aromatic N) is 2. The topological polar surface area (TPSA) is 54.5 Å². The minimum absolute atomic E-state index is 0.0527. The molecular weight excluding hydrogens is 314 g/mol. The molecule has 1 aromatic carbocycles. The van der Waals surface area contributed by atoms with Gasteiger partial charge in [-0.15, -0.1) is 0 Å². The molecule has 25 heavy (non-hydrogen) atoms. The van der Waals surface area contributed by atoms with Gasteiger partial charge in [0.25, 0.3) is 5.91 Å². The Hall–Kier alpha value is -2.40. The molecule has 2 heterocycles. The summed E-state index contributed by atoms with van der Waals surface area (Å²) in [5.41, 5.74) is 1.31. The predicted octanol–water partition coefficient (Wildman–Crippen LogP) is 2.49. The van der Waals surface area contributed by atoms with Crippen LogP contribution in [0, 0.1) is 5.92 Å². The third kappa shape index (κ3) is 5.87. The highest BCUT2D eigenvalue weighted by molar-refractivity contribution is 5.77. The Kier molecular flexibility index (Phi) is 6.40. The SMILES string of the molecule is O=C(COc1ccccc1)NCC1CCN(Cc2ccncc2)CC1. The van der Waals surface area contributed by atoms with Gasteiger partial charge in [0, 0.05) is 25.5 Å². The molecule has 1 fully saturated rings. The standard InChI is InChI=1S/C20H25N3O2/c24-20(16-25-19-4-2-1-3-5-19)22-14-17-8-12-23(13-9-17)15-18-6-10-21-11-7-18/h1-7,10-11,17H,8-9,12-16H2,(H,22,24). The van der Waals surface area contributed by atoms with Crippen LogP contribution in [0.5, 0.6) is 5.75 Å². The van der Waals surface area contributed by atoms with Gasteiger partial charge in [0.15, 0.2) is 6.61 Å². The molecule has 0 aliphatic carbocycles. The Balaban J connectivity index is 1.31. The number of carbonyl (C=O) groups excluding carboxylic acids is 1. The lowest BCUT2D eigenvalue weighted by molar-refractivity contribution is -0.123. The highest BCUT2D eigenvalue weighted by Gasteiger charge is 2.19. The summed E-state index contributed by atoms with van der Waals surface area (Å²) in [5.74, 6) is 1.22. The van der Waals surface area contributed by atoms with Gasteiger partial charge in [-0.2, -0.15) is 0 Å². The maximum Gasteiger partial charge on any atom is 0.257 e. The Morgan fingerprint density at radius 2 is 1.84 bits per heavy atom. The first-order valence-electron chi connectivity index (χ1n) is 8.85. The molecule has 0 bridgehead atoms. The quantitative estimate of drug-likeness (QED) is 0.842.